The number of benzene rings is 3. The molecule has 0 aliphatic rings. The molecule has 6 heteroatoms. The van der Waals surface area contributed by atoms with Crippen LogP contribution in [0.4, 0.5) is 11.4 Å². The van der Waals surface area contributed by atoms with Crippen molar-refractivity contribution in [2.45, 2.75) is 0 Å². The minimum atomic E-state index is -0.0942. The summed E-state index contributed by atoms with van der Waals surface area (Å²) in [7, 11) is 0. The van der Waals surface area contributed by atoms with E-state index in [9.17, 15) is 10.5 Å². The number of hydrogen-bond donors (Lipinski definition) is 2. The van der Waals surface area contributed by atoms with Crippen LogP contribution in [-0.4, -0.2) is 0 Å². The fourth-order valence-electron chi connectivity index (χ4n) is 3.05. The zero-order valence-electron chi connectivity index (χ0n) is 13.4. The summed E-state index contributed by atoms with van der Waals surface area (Å²) in [6, 6.07) is 13.8. The van der Waals surface area contributed by atoms with Gasteiger partial charge >= 0.3 is 0 Å². The summed E-state index contributed by atoms with van der Waals surface area (Å²) in [6.45, 7) is 14.7. The van der Waals surface area contributed by atoms with Gasteiger partial charge in [0.15, 0.2) is 0 Å². The van der Waals surface area contributed by atoms with Crippen LogP contribution in [0.15, 0.2) is 36.4 Å². The Morgan fingerprint density at radius 1 is 0.731 bits per heavy atom. The highest BCUT2D eigenvalue weighted by atomic mass is 14.7. The molecule has 0 saturated heterocycles. The second-order valence-corrected chi connectivity index (χ2v) is 5.50. The van der Waals surface area contributed by atoms with Crippen molar-refractivity contribution in [3.8, 4) is 12.1 Å². The maximum Gasteiger partial charge on any atom is 0.270 e. The molecule has 6 nitrogen and oxygen atoms in total. The standard InChI is InChI=1S/C20H10N6/c1-25-17(9-21)19-13-5-3-12(24)8-16(13)20(18(10-22)26-2)14-6-4-11(23)7-15(14)19/h3-8H,23-24H2. The Morgan fingerprint density at radius 3 is 1.42 bits per heavy atom. The largest absolute Gasteiger partial charge is 0.399 e. The maximum absolute atomic E-state index is 9.43. The van der Waals surface area contributed by atoms with Crippen molar-refractivity contribution in [2.75, 3.05) is 11.5 Å². The van der Waals surface area contributed by atoms with Crippen LogP contribution >= 0.6 is 0 Å². The molecule has 0 atom stereocenters. The lowest BCUT2D eigenvalue weighted by atomic mass is 9.95. The first kappa shape index (κ1) is 16.3. The first-order valence-corrected chi connectivity index (χ1v) is 7.40. The van der Waals surface area contributed by atoms with Crippen molar-refractivity contribution < 1.29 is 0 Å². The van der Waals surface area contributed by atoms with Crippen LogP contribution in [-0.2, 0) is 0 Å². The molecule has 0 radical (unpaired) electrons. The molecule has 0 aliphatic carbocycles. The van der Waals surface area contributed by atoms with Crippen LogP contribution in [0.1, 0.15) is 0 Å². The molecule has 3 rings (SSSR count). The van der Waals surface area contributed by atoms with Gasteiger partial charge in [0, 0.05) is 21.8 Å². The molecule has 0 bridgehead atoms. The highest BCUT2D eigenvalue weighted by Crippen LogP contribution is 2.21. The quantitative estimate of drug-likeness (QED) is 0.373. The van der Waals surface area contributed by atoms with Gasteiger partial charge in [0.2, 0.25) is 0 Å². The number of rotatable bonds is 0. The Kier molecular flexibility index (Phi) is 3.88. The monoisotopic (exact) mass is 334 g/mol. The minimum absolute atomic E-state index is 0.0942. The van der Waals surface area contributed by atoms with Crippen LogP contribution < -0.4 is 21.9 Å². The second-order valence-electron chi connectivity index (χ2n) is 5.50. The lowest BCUT2D eigenvalue weighted by Crippen LogP contribution is -2.18. The Morgan fingerprint density at radius 2 is 1.12 bits per heavy atom. The van der Waals surface area contributed by atoms with Gasteiger partial charge in [-0.1, -0.05) is 12.1 Å². The van der Waals surface area contributed by atoms with E-state index in [-0.39, 0.29) is 11.4 Å². The number of nitrogens with two attached hydrogens (primary N) is 2. The van der Waals surface area contributed by atoms with Crippen molar-refractivity contribution in [1.82, 2.24) is 0 Å². The van der Waals surface area contributed by atoms with Crippen molar-refractivity contribution in [3.63, 3.8) is 0 Å². The van der Waals surface area contributed by atoms with Gasteiger partial charge in [-0.05, 0) is 45.8 Å². The van der Waals surface area contributed by atoms with Crippen molar-refractivity contribution in [3.05, 3.63) is 69.7 Å². The van der Waals surface area contributed by atoms with E-state index in [1.165, 1.54) is 0 Å². The van der Waals surface area contributed by atoms with Crippen LogP contribution in [0.2, 0.25) is 0 Å². The summed E-state index contributed by atoms with van der Waals surface area (Å²) >= 11 is 0. The fourth-order valence-corrected chi connectivity index (χ4v) is 3.05. The smallest absolute Gasteiger partial charge is 0.270 e. The van der Waals surface area contributed by atoms with Crippen molar-refractivity contribution >= 4 is 44.3 Å². The predicted octanol–water partition coefficient (Wildman–Crippen LogP) is 2.26. The molecule has 0 aromatic heterocycles. The summed E-state index contributed by atoms with van der Waals surface area (Å²) in [6.07, 6.45) is 0. The van der Waals surface area contributed by atoms with Crippen LogP contribution in [0.5, 0.6) is 0 Å². The molecule has 0 amide bonds. The summed E-state index contributed by atoms with van der Waals surface area (Å²) in [5, 5.41) is 21.9. The lowest BCUT2D eigenvalue weighted by molar-refractivity contribution is 1.52. The third-order valence-corrected chi connectivity index (χ3v) is 4.07. The lowest BCUT2D eigenvalue weighted by Gasteiger charge is -2.10. The van der Waals surface area contributed by atoms with Gasteiger partial charge in [-0.25, -0.2) is 20.2 Å². The van der Waals surface area contributed by atoms with Gasteiger partial charge in [-0.15, -0.1) is 0 Å². The molecule has 0 fully saturated rings. The topological polar surface area (TPSA) is 108 Å². The average Bonchev–Trinajstić information content (AvgIpc) is 2.64. The van der Waals surface area contributed by atoms with Crippen LogP contribution in [0, 0.1) is 35.8 Å². The van der Waals surface area contributed by atoms with E-state index >= 15 is 0 Å². The van der Waals surface area contributed by atoms with Crippen molar-refractivity contribution in [1.29, 1.82) is 10.5 Å². The van der Waals surface area contributed by atoms with Gasteiger partial charge in [0.05, 0.1) is 25.3 Å². The fraction of sp³-hybridized carbons (Fsp3) is 0. The SMILES string of the molecule is [C-]#[N+]C(C#N)=c1c2ccc(N)cc2c(=C(C#N)[N+]#[C-])c2ccc(N)cc12. The zero-order valence-corrected chi connectivity index (χ0v) is 13.4. The van der Waals surface area contributed by atoms with Gasteiger partial charge in [-0.2, -0.15) is 0 Å². The third kappa shape index (κ3) is 2.33. The molecular formula is C20H10N6. The van der Waals surface area contributed by atoms with E-state index in [1.54, 1.807) is 36.4 Å². The van der Waals surface area contributed by atoms with E-state index in [4.69, 9.17) is 24.6 Å². The molecule has 120 valence electrons. The van der Waals surface area contributed by atoms with E-state index in [2.05, 4.69) is 9.69 Å². The number of anilines is 2. The Bertz CT molecular complexity index is 1240. The zero-order chi connectivity index (χ0) is 18.8. The number of fused-ring (bicyclic) bond motifs is 2. The number of nitrogens with zero attached hydrogens (tertiary/aromatic N) is 4. The summed E-state index contributed by atoms with van der Waals surface area (Å²) < 4.78 is 0. The summed E-state index contributed by atoms with van der Waals surface area (Å²) in [4.78, 5) is 6.69. The van der Waals surface area contributed by atoms with E-state index < -0.39 is 0 Å². The number of nitrogen functional groups attached to an aromatic ring is 2. The predicted molar refractivity (Wildman–Crippen MR) is 101 cm³/mol. The molecule has 4 N–H and O–H groups in total. The molecule has 3 aromatic carbocycles. The van der Waals surface area contributed by atoms with Gasteiger partial charge in [0.1, 0.15) is 0 Å². The third-order valence-electron chi connectivity index (χ3n) is 4.07. The normalized spacial score (nSPS) is 12.5. The number of hydrogen-bond acceptors (Lipinski definition) is 4. The summed E-state index contributed by atoms with van der Waals surface area (Å²) in [5.74, 6) is 0. The van der Waals surface area contributed by atoms with E-state index in [0.717, 1.165) is 0 Å². The number of nitriles is 2. The molecule has 26 heavy (non-hydrogen) atoms. The summed E-state index contributed by atoms with van der Waals surface area (Å²) in [5.41, 5.74) is 12.5. The maximum atomic E-state index is 9.43. The molecule has 0 spiro atoms. The molecule has 0 unspecified atom stereocenters. The van der Waals surface area contributed by atoms with Gasteiger partial charge in [0.25, 0.3) is 11.4 Å². The van der Waals surface area contributed by atoms with Crippen LogP contribution in [0.3, 0.4) is 0 Å². The second kappa shape index (κ2) is 6.17. The van der Waals surface area contributed by atoms with Crippen molar-refractivity contribution in [2.24, 2.45) is 0 Å². The Labute approximate surface area is 148 Å². The van der Waals surface area contributed by atoms with Gasteiger partial charge in [-0.3, -0.25) is 0 Å². The van der Waals surface area contributed by atoms with Crippen LogP contribution in [0.25, 0.3) is 42.6 Å². The molecule has 0 heterocycles. The highest BCUT2D eigenvalue weighted by molar-refractivity contribution is 6.06. The molecule has 0 saturated carbocycles. The molecule has 3 aromatic rings. The average molecular weight is 334 g/mol. The van der Waals surface area contributed by atoms with Gasteiger partial charge < -0.3 is 11.5 Å². The highest BCUT2D eigenvalue weighted by Gasteiger charge is 2.13. The minimum Gasteiger partial charge on any atom is -0.399 e. The Hall–Kier alpha value is -4.52. The first-order chi connectivity index (χ1) is 12.5. The molecule has 0 aliphatic heterocycles. The van der Waals surface area contributed by atoms with E-state index in [0.29, 0.717) is 43.4 Å². The first-order valence-electron chi connectivity index (χ1n) is 7.40. The molecular weight excluding hydrogens is 324 g/mol. The Balaban J connectivity index is 2.97. The van der Waals surface area contributed by atoms with E-state index in [1.807, 2.05) is 12.1 Å².